The van der Waals surface area contributed by atoms with Crippen molar-refractivity contribution < 1.29 is 17.6 Å². The van der Waals surface area contributed by atoms with Crippen molar-refractivity contribution in [3.05, 3.63) is 59.4 Å². The van der Waals surface area contributed by atoms with Gasteiger partial charge in [0.15, 0.2) is 0 Å². The van der Waals surface area contributed by atoms with Crippen LogP contribution in [0.5, 0.6) is 0 Å². The average molecular weight is 376 g/mol. The molecule has 1 fully saturated rings. The zero-order valence-corrected chi connectivity index (χ0v) is 15.4. The van der Waals surface area contributed by atoms with Crippen molar-refractivity contribution in [2.24, 2.45) is 0 Å². The Morgan fingerprint density at radius 2 is 1.88 bits per heavy atom. The van der Waals surface area contributed by atoms with Gasteiger partial charge < -0.3 is 5.32 Å². The van der Waals surface area contributed by atoms with Crippen LogP contribution in [0, 0.1) is 12.7 Å². The van der Waals surface area contributed by atoms with Crippen LogP contribution in [0.15, 0.2) is 42.5 Å². The molecule has 0 bridgehead atoms. The van der Waals surface area contributed by atoms with Crippen molar-refractivity contribution in [1.29, 1.82) is 0 Å². The maximum atomic E-state index is 12.9. The summed E-state index contributed by atoms with van der Waals surface area (Å²) >= 11 is 0. The second-order valence-corrected chi connectivity index (χ2v) is 8.46. The van der Waals surface area contributed by atoms with Crippen molar-refractivity contribution >= 4 is 27.3 Å². The summed E-state index contributed by atoms with van der Waals surface area (Å²) in [6.45, 7) is 2.31. The van der Waals surface area contributed by atoms with Crippen LogP contribution in [-0.2, 0) is 21.2 Å². The standard InChI is InChI=1S/C19H21FN2O3S/c1-14-12-17(21-19(23)13-15-4-6-16(20)7-5-15)8-9-18(14)22-10-2-3-11-26(22,24)25/h4-9,12H,2-3,10-11,13H2,1H3,(H,21,23). The molecule has 0 spiro atoms. The van der Waals surface area contributed by atoms with E-state index in [0.29, 0.717) is 24.3 Å². The normalized spacial score (nSPS) is 16.3. The van der Waals surface area contributed by atoms with Crippen LogP contribution in [-0.4, -0.2) is 26.6 Å². The number of amides is 1. The largest absolute Gasteiger partial charge is 0.326 e. The molecule has 1 heterocycles. The minimum Gasteiger partial charge on any atom is -0.326 e. The Balaban J connectivity index is 1.71. The van der Waals surface area contributed by atoms with Gasteiger partial charge >= 0.3 is 0 Å². The second-order valence-electron chi connectivity index (χ2n) is 6.45. The van der Waals surface area contributed by atoms with Crippen molar-refractivity contribution in [1.82, 2.24) is 0 Å². The lowest BCUT2D eigenvalue weighted by Gasteiger charge is -2.29. The number of sulfonamides is 1. The number of nitrogens with zero attached hydrogens (tertiary/aromatic N) is 1. The molecule has 7 heteroatoms. The molecule has 0 unspecified atom stereocenters. The maximum Gasteiger partial charge on any atom is 0.235 e. The third kappa shape index (κ3) is 4.22. The molecule has 138 valence electrons. The number of hydrogen-bond donors (Lipinski definition) is 1. The van der Waals surface area contributed by atoms with Crippen molar-refractivity contribution in [2.45, 2.75) is 26.2 Å². The Morgan fingerprint density at radius 1 is 1.15 bits per heavy atom. The van der Waals surface area contributed by atoms with Crippen LogP contribution in [0.1, 0.15) is 24.0 Å². The third-order valence-corrected chi connectivity index (χ3v) is 6.23. The highest BCUT2D eigenvalue weighted by atomic mass is 32.2. The van der Waals surface area contributed by atoms with E-state index in [1.165, 1.54) is 16.4 Å². The fraction of sp³-hybridized carbons (Fsp3) is 0.316. The number of carbonyl (C=O) groups is 1. The van der Waals surface area contributed by atoms with Gasteiger partial charge in [-0.05, 0) is 61.2 Å². The van der Waals surface area contributed by atoms with Crippen LogP contribution in [0.2, 0.25) is 0 Å². The molecule has 5 nitrogen and oxygen atoms in total. The smallest absolute Gasteiger partial charge is 0.235 e. The molecule has 0 aromatic heterocycles. The summed E-state index contributed by atoms with van der Waals surface area (Å²) < 4.78 is 38.9. The van der Waals surface area contributed by atoms with E-state index in [0.717, 1.165) is 17.5 Å². The number of halogens is 1. The first-order valence-electron chi connectivity index (χ1n) is 8.50. The molecule has 0 atom stereocenters. The third-order valence-electron chi connectivity index (χ3n) is 4.38. The van der Waals surface area contributed by atoms with Gasteiger partial charge in [0.2, 0.25) is 15.9 Å². The summed E-state index contributed by atoms with van der Waals surface area (Å²) in [7, 11) is -3.26. The quantitative estimate of drug-likeness (QED) is 0.891. The van der Waals surface area contributed by atoms with Gasteiger partial charge in [0.1, 0.15) is 5.82 Å². The number of carbonyl (C=O) groups excluding carboxylic acids is 1. The monoisotopic (exact) mass is 376 g/mol. The lowest BCUT2D eigenvalue weighted by molar-refractivity contribution is -0.115. The molecule has 1 aliphatic rings. The fourth-order valence-corrected chi connectivity index (χ4v) is 4.77. The first-order chi connectivity index (χ1) is 12.3. The summed E-state index contributed by atoms with van der Waals surface area (Å²) in [5.41, 5.74) is 2.76. The van der Waals surface area contributed by atoms with Crippen molar-refractivity contribution in [2.75, 3.05) is 21.9 Å². The zero-order chi connectivity index (χ0) is 18.7. The van der Waals surface area contributed by atoms with Crippen LogP contribution < -0.4 is 9.62 Å². The Morgan fingerprint density at radius 3 is 2.54 bits per heavy atom. The van der Waals surface area contributed by atoms with E-state index in [2.05, 4.69) is 5.32 Å². The van der Waals surface area contributed by atoms with Crippen LogP contribution in [0.25, 0.3) is 0 Å². The lowest BCUT2D eigenvalue weighted by atomic mass is 10.1. The number of nitrogens with one attached hydrogen (secondary N) is 1. The molecule has 0 saturated carbocycles. The zero-order valence-electron chi connectivity index (χ0n) is 14.5. The highest BCUT2D eigenvalue weighted by Crippen LogP contribution is 2.28. The molecule has 26 heavy (non-hydrogen) atoms. The Kier molecular flexibility index (Phi) is 5.27. The van der Waals surface area contributed by atoms with E-state index in [-0.39, 0.29) is 23.9 Å². The minimum atomic E-state index is -3.26. The van der Waals surface area contributed by atoms with E-state index >= 15 is 0 Å². The van der Waals surface area contributed by atoms with Gasteiger partial charge in [-0.25, -0.2) is 12.8 Å². The molecule has 0 radical (unpaired) electrons. The van der Waals surface area contributed by atoms with E-state index < -0.39 is 10.0 Å². The topological polar surface area (TPSA) is 66.5 Å². The van der Waals surface area contributed by atoms with E-state index in [1.54, 1.807) is 30.3 Å². The van der Waals surface area contributed by atoms with Crippen molar-refractivity contribution in [3.63, 3.8) is 0 Å². The Bertz CT molecular complexity index is 911. The summed E-state index contributed by atoms with van der Waals surface area (Å²) in [6, 6.07) is 11.0. The molecule has 1 aliphatic heterocycles. The number of aryl methyl sites for hydroxylation is 1. The number of benzene rings is 2. The summed E-state index contributed by atoms with van der Waals surface area (Å²) in [5.74, 6) is -0.384. The highest BCUT2D eigenvalue weighted by Gasteiger charge is 2.27. The van der Waals surface area contributed by atoms with E-state index in [4.69, 9.17) is 0 Å². The van der Waals surface area contributed by atoms with Crippen LogP contribution in [0.3, 0.4) is 0 Å². The highest BCUT2D eigenvalue weighted by molar-refractivity contribution is 7.92. The van der Waals surface area contributed by atoms with Gasteiger partial charge in [-0.2, -0.15) is 0 Å². The minimum absolute atomic E-state index is 0.140. The van der Waals surface area contributed by atoms with Gasteiger partial charge in [-0.15, -0.1) is 0 Å². The van der Waals surface area contributed by atoms with Crippen molar-refractivity contribution in [3.8, 4) is 0 Å². The average Bonchev–Trinajstić information content (AvgIpc) is 2.57. The molecule has 2 aromatic carbocycles. The number of rotatable bonds is 4. The van der Waals surface area contributed by atoms with Gasteiger partial charge in [-0.1, -0.05) is 12.1 Å². The predicted molar refractivity (Wildman–Crippen MR) is 100 cm³/mol. The summed E-state index contributed by atoms with van der Waals surface area (Å²) in [6.07, 6.45) is 1.67. The molecular formula is C19H21FN2O3S. The fourth-order valence-electron chi connectivity index (χ4n) is 3.07. The molecule has 1 saturated heterocycles. The summed E-state index contributed by atoms with van der Waals surface area (Å²) in [5, 5.41) is 2.80. The molecule has 1 N–H and O–H groups in total. The Labute approximate surface area is 152 Å². The SMILES string of the molecule is Cc1cc(NC(=O)Cc2ccc(F)cc2)ccc1N1CCCCS1(=O)=O. The van der Waals surface area contributed by atoms with Gasteiger partial charge in [0, 0.05) is 12.2 Å². The van der Waals surface area contributed by atoms with Gasteiger partial charge in [-0.3, -0.25) is 9.10 Å². The van der Waals surface area contributed by atoms with Gasteiger partial charge in [0.05, 0.1) is 17.9 Å². The first kappa shape index (κ1) is 18.4. The summed E-state index contributed by atoms with van der Waals surface area (Å²) in [4.78, 5) is 12.2. The van der Waals surface area contributed by atoms with Crippen LogP contribution >= 0.6 is 0 Å². The van der Waals surface area contributed by atoms with Crippen LogP contribution in [0.4, 0.5) is 15.8 Å². The predicted octanol–water partition coefficient (Wildman–Crippen LogP) is 3.25. The number of anilines is 2. The Hall–Kier alpha value is -2.41. The van der Waals surface area contributed by atoms with E-state index in [9.17, 15) is 17.6 Å². The molecule has 0 aliphatic carbocycles. The second kappa shape index (κ2) is 7.45. The molecule has 3 rings (SSSR count). The number of hydrogen-bond acceptors (Lipinski definition) is 3. The molecular weight excluding hydrogens is 355 g/mol. The van der Waals surface area contributed by atoms with Gasteiger partial charge in [0.25, 0.3) is 0 Å². The first-order valence-corrected chi connectivity index (χ1v) is 10.1. The lowest BCUT2D eigenvalue weighted by Crippen LogP contribution is -2.38. The van der Waals surface area contributed by atoms with E-state index in [1.807, 2.05) is 6.92 Å². The molecule has 2 aromatic rings. The maximum absolute atomic E-state index is 12.9. The molecule has 1 amide bonds.